The van der Waals surface area contributed by atoms with Crippen molar-refractivity contribution in [1.82, 2.24) is 0 Å². The second-order valence-corrected chi connectivity index (χ2v) is 14.4. The molecule has 0 saturated heterocycles. The van der Waals surface area contributed by atoms with Crippen LogP contribution in [0.25, 0.3) is 55.7 Å². The van der Waals surface area contributed by atoms with Crippen molar-refractivity contribution in [2.75, 3.05) is 0 Å². The SMILES string of the molecule is [C-]#[N+]/C(C#N)=C/c1ccc(-c2cc3c(s2)-c2sc4cc(-c5ccc(C=C(C#N)C#N)s5)sc4c2C3(C)C)s1. The number of hydrogen-bond acceptors (Lipinski definition) is 8. The van der Waals surface area contributed by atoms with E-state index in [9.17, 15) is 0 Å². The zero-order valence-corrected chi connectivity index (χ0v) is 24.0. The van der Waals surface area contributed by atoms with Crippen molar-refractivity contribution in [3.63, 3.8) is 0 Å². The van der Waals surface area contributed by atoms with Crippen LogP contribution in [-0.4, -0.2) is 0 Å². The lowest BCUT2D eigenvalue weighted by Gasteiger charge is -2.19. The standard InChI is InChI=1S/C29H14N4S5/c1-29(2)19-10-22(20-7-5-18(35-20)9-16(14-32)33-3)36-26(19)28-25(29)27-24(38-28)11-23(37-27)21-6-4-17(34-21)8-15(12-30)13-31/h4-11H,1-2H3/b16-9+. The van der Waals surface area contributed by atoms with Crippen molar-refractivity contribution in [1.29, 1.82) is 15.8 Å². The lowest BCUT2D eigenvalue weighted by atomic mass is 9.84. The van der Waals surface area contributed by atoms with Crippen molar-refractivity contribution in [2.45, 2.75) is 19.3 Å². The van der Waals surface area contributed by atoms with Gasteiger partial charge in [-0.3, -0.25) is 0 Å². The van der Waals surface area contributed by atoms with E-state index in [2.05, 4.69) is 43.0 Å². The molecule has 5 heterocycles. The predicted octanol–water partition coefficient (Wildman–Crippen LogP) is 10.0. The Bertz CT molecular complexity index is 1970. The minimum absolute atomic E-state index is 0.0974. The Morgan fingerprint density at radius 3 is 2.08 bits per heavy atom. The van der Waals surface area contributed by atoms with Gasteiger partial charge in [0.05, 0.1) is 22.2 Å². The molecule has 0 N–H and O–H groups in total. The van der Waals surface area contributed by atoms with E-state index in [0.29, 0.717) is 0 Å². The van der Waals surface area contributed by atoms with Crippen LogP contribution >= 0.6 is 56.7 Å². The van der Waals surface area contributed by atoms with E-state index in [1.54, 1.807) is 34.8 Å². The summed E-state index contributed by atoms with van der Waals surface area (Å²) in [6.07, 6.45) is 3.29. The van der Waals surface area contributed by atoms with E-state index < -0.39 is 0 Å². The molecular weight excluding hydrogens is 565 g/mol. The summed E-state index contributed by atoms with van der Waals surface area (Å²) >= 11 is 8.69. The Kier molecular flexibility index (Phi) is 5.93. The number of thiophene rings is 5. The first-order chi connectivity index (χ1) is 18.4. The van der Waals surface area contributed by atoms with Crippen LogP contribution in [0.1, 0.15) is 34.7 Å². The Morgan fingerprint density at radius 1 is 0.789 bits per heavy atom. The molecular formula is C29H14N4S5. The molecule has 1 aliphatic rings. The molecule has 0 fully saturated rings. The van der Waals surface area contributed by atoms with E-state index in [4.69, 9.17) is 22.4 Å². The molecule has 0 atom stereocenters. The lowest BCUT2D eigenvalue weighted by Crippen LogP contribution is -2.13. The summed E-state index contributed by atoms with van der Waals surface area (Å²) < 4.78 is 2.62. The average molecular weight is 579 g/mol. The van der Waals surface area contributed by atoms with Gasteiger partial charge >= 0.3 is 0 Å². The van der Waals surface area contributed by atoms with Gasteiger partial charge in [-0.05, 0) is 59.7 Å². The first-order valence-corrected chi connectivity index (χ1v) is 15.4. The first kappa shape index (κ1) is 24.5. The van der Waals surface area contributed by atoms with E-state index in [-0.39, 0.29) is 16.7 Å². The molecule has 0 spiro atoms. The summed E-state index contributed by atoms with van der Waals surface area (Å²) in [5.74, 6) is 0. The fraction of sp³-hybridized carbons (Fsp3) is 0.103. The fourth-order valence-corrected chi connectivity index (χ4v) is 11.1. The molecule has 0 bridgehead atoms. The van der Waals surface area contributed by atoms with Gasteiger partial charge in [0, 0.05) is 44.3 Å². The zero-order chi connectivity index (χ0) is 26.6. The maximum Gasteiger partial charge on any atom is 0.263 e. The highest BCUT2D eigenvalue weighted by Gasteiger charge is 2.41. The molecule has 0 unspecified atom stereocenters. The molecule has 0 amide bonds. The topological polar surface area (TPSA) is 75.7 Å². The molecule has 0 radical (unpaired) electrons. The first-order valence-electron chi connectivity index (χ1n) is 11.3. The summed E-state index contributed by atoms with van der Waals surface area (Å²) in [7, 11) is 0. The number of fused-ring (bicyclic) bond motifs is 5. The minimum Gasteiger partial charge on any atom is -0.227 e. The smallest absolute Gasteiger partial charge is 0.227 e. The van der Waals surface area contributed by atoms with Gasteiger partial charge in [-0.2, -0.15) is 10.5 Å². The average Bonchev–Trinajstić information content (AvgIpc) is 3.72. The predicted molar refractivity (Wildman–Crippen MR) is 161 cm³/mol. The van der Waals surface area contributed by atoms with Crippen molar-refractivity contribution >= 4 is 78.2 Å². The Morgan fingerprint density at radius 2 is 1.45 bits per heavy atom. The van der Waals surface area contributed by atoms with Gasteiger partial charge in [-0.25, -0.2) is 10.1 Å². The van der Waals surface area contributed by atoms with Gasteiger partial charge in [-0.15, -0.1) is 56.7 Å². The van der Waals surface area contributed by atoms with Gasteiger partial charge in [0.15, 0.2) is 0 Å². The number of allylic oxidation sites excluding steroid dienone is 2. The molecule has 5 aromatic heterocycles. The fourth-order valence-electron chi connectivity index (χ4n) is 4.60. The van der Waals surface area contributed by atoms with Crippen molar-refractivity contribution < 1.29 is 0 Å². The van der Waals surface area contributed by atoms with Gasteiger partial charge in [0.2, 0.25) is 0 Å². The zero-order valence-electron chi connectivity index (χ0n) is 19.9. The van der Waals surface area contributed by atoms with Crippen molar-refractivity contribution in [3.05, 3.63) is 80.0 Å². The third kappa shape index (κ3) is 3.85. The van der Waals surface area contributed by atoms with Crippen molar-refractivity contribution in [3.8, 4) is 47.5 Å². The van der Waals surface area contributed by atoms with E-state index >= 15 is 0 Å². The largest absolute Gasteiger partial charge is 0.263 e. The molecule has 38 heavy (non-hydrogen) atoms. The number of hydrogen-bond donors (Lipinski definition) is 0. The molecule has 6 rings (SSSR count). The Labute approximate surface area is 239 Å². The van der Waals surface area contributed by atoms with Crippen LogP contribution in [-0.2, 0) is 5.41 Å². The molecule has 0 saturated carbocycles. The van der Waals surface area contributed by atoms with Crippen LogP contribution in [0.2, 0.25) is 0 Å². The van der Waals surface area contributed by atoms with E-state index in [1.165, 1.54) is 40.0 Å². The maximum absolute atomic E-state index is 9.07. The Hall–Kier alpha value is -3.80. The third-order valence-electron chi connectivity index (χ3n) is 6.38. The summed E-state index contributed by atoms with van der Waals surface area (Å²) in [5.41, 5.74) is 2.85. The second-order valence-electron chi connectivity index (χ2n) is 9.03. The molecule has 5 aromatic rings. The lowest BCUT2D eigenvalue weighted by molar-refractivity contribution is 0.670. The van der Waals surface area contributed by atoms with Crippen LogP contribution in [0.5, 0.6) is 0 Å². The van der Waals surface area contributed by atoms with Gasteiger partial charge in [0.25, 0.3) is 5.70 Å². The minimum atomic E-state index is -0.115. The molecule has 0 aromatic carbocycles. The highest BCUT2D eigenvalue weighted by molar-refractivity contribution is 7.34. The summed E-state index contributed by atoms with van der Waals surface area (Å²) in [4.78, 5) is 12.5. The summed E-state index contributed by atoms with van der Waals surface area (Å²) in [6.45, 7) is 11.7. The highest BCUT2D eigenvalue weighted by atomic mass is 32.1. The normalized spacial score (nSPS) is 13.3. The highest BCUT2D eigenvalue weighted by Crippen LogP contribution is 2.61. The van der Waals surface area contributed by atoms with Gasteiger partial charge in [0.1, 0.15) is 17.7 Å². The molecule has 4 nitrogen and oxygen atoms in total. The maximum atomic E-state index is 9.07. The van der Waals surface area contributed by atoms with Gasteiger partial charge in [-0.1, -0.05) is 13.8 Å². The van der Waals surface area contributed by atoms with Crippen LogP contribution in [0.15, 0.2) is 47.7 Å². The van der Waals surface area contributed by atoms with E-state index in [0.717, 1.165) is 19.5 Å². The molecule has 0 aliphatic heterocycles. The summed E-state index contributed by atoms with van der Waals surface area (Å²) in [5, 5.41) is 27.2. The Balaban J connectivity index is 1.37. The van der Waals surface area contributed by atoms with Crippen LogP contribution in [0, 0.1) is 40.6 Å². The number of rotatable bonds is 4. The number of nitrogens with zero attached hydrogens (tertiary/aromatic N) is 4. The van der Waals surface area contributed by atoms with Crippen LogP contribution in [0.4, 0.5) is 0 Å². The number of nitriles is 3. The molecule has 180 valence electrons. The monoisotopic (exact) mass is 578 g/mol. The second kappa shape index (κ2) is 9.19. The third-order valence-corrected chi connectivity index (χ3v) is 12.6. The summed E-state index contributed by atoms with van der Waals surface area (Å²) in [6, 6.07) is 18.4. The van der Waals surface area contributed by atoms with Crippen LogP contribution in [0.3, 0.4) is 0 Å². The van der Waals surface area contributed by atoms with Crippen LogP contribution < -0.4 is 0 Å². The van der Waals surface area contributed by atoms with E-state index in [1.807, 2.05) is 64.4 Å². The quantitative estimate of drug-likeness (QED) is 0.157. The van der Waals surface area contributed by atoms with Gasteiger partial charge < -0.3 is 0 Å². The van der Waals surface area contributed by atoms with Crippen molar-refractivity contribution in [2.24, 2.45) is 0 Å². The molecule has 9 heteroatoms. The molecule has 1 aliphatic carbocycles.